The van der Waals surface area contributed by atoms with Crippen molar-refractivity contribution < 1.29 is 14.2 Å². The molecule has 0 spiro atoms. The van der Waals surface area contributed by atoms with Crippen LogP contribution in [-0.4, -0.2) is 25.9 Å². The van der Waals surface area contributed by atoms with Gasteiger partial charge in [0.25, 0.3) is 5.56 Å². The van der Waals surface area contributed by atoms with Crippen molar-refractivity contribution in [2.75, 3.05) is 21.3 Å². The van der Waals surface area contributed by atoms with Crippen molar-refractivity contribution in [3.05, 3.63) is 87.8 Å². The van der Waals surface area contributed by atoms with Crippen LogP contribution in [-0.2, 0) is 19.6 Å². The number of rotatable bonds is 9. The zero-order chi connectivity index (χ0) is 20.6. The fourth-order valence-electron chi connectivity index (χ4n) is 3.14. The van der Waals surface area contributed by atoms with Crippen molar-refractivity contribution >= 4 is 0 Å². The molecule has 0 saturated heterocycles. The first-order chi connectivity index (χ1) is 14.1. The first-order valence-electron chi connectivity index (χ1n) is 9.37. The Balaban J connectivity index is 1.59. The standard InChI is InChI=1S/C23H26N2O4/c1-27-20-12-19(13-21(28-2)23(20)29-3)15-24-14-17-7-9-18(10-8-17)16-25-11-5-4-6-22(25)26/h4-13,24H,14-16H2,1-3H3. The normalized spacial score (nSPS) is 10.6. The molecule has 29 heavy (non-hydrogen) atoms. The Kier molecular flexibility index (Phi) is 6.92. The molecular weight excluding hydrogens is 368 g/mol. The van der Waals surface area contributed by atoms with Crippen molar-refractivity contribution in [2.24, 2.45) is 0 Å². The first kappa shape index (κ1) is 20.5. The lowest BCUT2D eigenvalue weighted by atomic mass is 10.1. The van der Waals surface area contributed by atoms with Gasteiger partial charge >= 0.3 is 0 Å². The summed E-state index contributed by atoms with van der Waals surface area (Å²) in [7, 11) is 4.81. The second-order valence-electron chi connectivity index (χ2n) is 6.62. The Labute approximate surface area is 170 Å². The van der Waals surface area contributed by atoms with Crippen LogP contribution in [0.25, 0.3) is 0 Å². The second kappa shape index (κ2) is 9.80. The molecule has 6 heteroatoms. The molecule has 0 radical (unpaired) electrons. The summed E-state index contributed by atoms with van der Waals surface area (Å²) in [4.78, 5) is 11.8. The fraction of sp³-hybridized carbons (Fsp3) is 0.261. The Morgan fingerprint density at radius 3 is 2.00 bits per heavy atom. The third-order valence-corrected chi connectivity index (χ3v) is 4.66. The summed E-state index contributed by atoms with van der Waals surface area (Å²) in [5, 5.41) is 3.43. The molecule has 0 unspecified atom stereocenters. The van der Waals surface area contributed by atoms with Gasteiger partial charge in [-0.25, -0.2) is 0 Å². The zero-order valence-electron chi connectivity index (χ0n) is 17.0. The van der Waals surface area contributed by atoms with Crippen LogP contribution in [0, 0.1) is 0 Å². The quantitative estimate of drug-likeness (QED) is 0.604. The van der Waals surface area contributed by atoms with Gasteiger partial charge in [-0.2, -0.15) is 0 Å². The molecule has 3 rings (SSSR count). The molecule has 6 nitrogen and oxygen atoms in total. The summed E-state index contributed by atoms with van der Waals surface area (Å²) in [6.45, 7) is 1.96. The van der Waals surface area contributed by atoms with Gasteiger partial charge in [0, 0.05) is 25.4 Å². The third-order valence-electron chi connectivity index (χ3n) is 4.66. The van der Waals surface area contributed by atoms with Gasteiger partial charge in [-0.1, -0.05) is 30.3 Å². The average molecular weight is 394 g/mol. The second-order valence-corrected chi connectivity index (χ2v) is 6.62. The van der Waals surface area contributed by atoms with Crippen molar-refractivity contribution in [3.8, 4) is 17.2 Å². The van der Waals surface area contributed by atoms with Gasteiger partial charge in [-0.15, -0.1) is 0 Å². The Morgan fingerprint density at radius 1 is 0.793 bits per heavy atom. The van der Waals surface area contributed by atoms with Gasteiger partial charge in [0.1, 0.15) is 0 Å². The maximum absolute atomic E-state index is 11.8. The van der Waals surface area contributed by atoms with Crippen molar-refractivity contribution in [3.63, 3.8) is 0 Å². The summed E-state index contributed by atoms with van der Waals surface area (Å²) in [6.07, 6.45) is 1.80. The predicted octanol–water partition coefficient (Wildman–Crippen LogP) is 3.21. The third kappa shape index (κ3) is 5.18. The number of hydrogen-bond donors (Lipinski definition) is 1. The molecule has 0 saturated carbocycles. The first-order valence-corrected chi connectivity index (χ1v) is 9.37. The lowest BCUT2D eigenvalue weighted by Gasteiger charge is -2.14. The van der Waals surface area contributed by atoms with Gasteiger partial charge < -0.3 is 24.1 Å². The molecule has 0 amide bonds. The minimum absolute atomic E-state index is 0.00333. The molecule has 0 aliphatic heterocycles. The van der Waals surface area contributed by atoms with Crippen LogP contribution in [0.15, 0.2) is 65.6 Å². The highest BCUT2D eigenvalue weighted by atomic mass is 16.5. The summed E-state index contributed by atoms with van der Waals surface area (Å²) < 4.78 is 17.8. The van der Waals surface area contributed by atoms with Crippen LogP contribution in [0.4, 0.5) is 0 Å². The largest absolute Gasteiger partial charge is 0.493 e. The van der Waals surface area contributed by atoms with E-state index in [1.165, 1.54) is 5.56 Å². The molecule has 0 bridgehead atoms. The van der Waals surface area contributed by atoms with E-state index in [1.54, 1.807) is 44.2 Å². The minimum Gasteiger partial charge on any atom is -0.493 e. The van der Waals surface area contributed by atoms with Crippen LogP contribution in [0.2, 0.25) is 0 Å². The number of ether oxygens (including phenoxy) is 3. The molecule has 0 fully saturated rings. The predicted molar refractivity (Wildman–Crippen MR) is 113 cm³/mol. The van der Waals surface area contributed by atoms with E-state index < -0.39 is 0 Å². The Bertz CT molecular complexity index is 971. The van der Waals surface area contributed by atoms with Crippen molar-refractivity contribution in [2.45, 2.75) is 19.6 Å². The van der Waals surface area contributed by atoms with Crippen LogP contribution in [0.5, 0.6) is 17.2 Å². The molecule has 1 aromatic heterocycles. The van der Waals surface area contributed by atoms with E-state index in [1.807, 2.05) is 18.2 Å². The number of methoxy groups -OCH3 is 3. The van der Waals surface area contributed by atoms with Crippen LogP contribution >= 0.6 is 0 Å². The monoisotopic (exact) mass is 394 g/mol. The number of pyridine rings is 1. The van der Waals surface area contributed by atoms with E-state index >= 15 is 0 Å². The summed E-state index contributed by atoms with van der Waals surface area (Å²) in [5.74, 6) is 1.88. The summed E-state index contributed by atoms with van der Waals surface area (Å²) in [5.41, 5.74) is 3.30. The fourth-order valence-corrected chi connectivity index (χ4v) is 3.14. The van der Waals surface area contributed by atoms with E-state index in [2.05, 4.69) is 29.6 Å². The van der Waals surface area contributed by atoms with E-state index in [-0.39, 0.29) is 5.56 Å². The highest BCUT2D eigenvalue weighted by Crippen LogP contribution is 2.38. The van der Waals surface area contributed by atoms with Gasteiger partial charge in [-0.05, 0) is 34.9 Å². The molecular formula is C23H26N2O4. The Hall–Kier alpha value is -3.25. The maximum Gasteiger partial charge on any atom is 0.250 e. The molecule has 152 valence electrons. The van der Waals surface area contributed by atoms with E-state index in [4.69, 9.17) is 14.2 Å². The molecule has 3 aromatic rings. The Morgan fingerprint density at radius 2 is 1.41 bits per heavy atom. The molecule has 0 aliphatic carbocycles. The highest BCUT2D eigenvalue weighted by Gasteiger charge is 2.12. The lowest BCUT2D eigenvalue weighted by Crippen LogP contribution is -2.18. The van der Waals surface area contributed by atoms with E-state index in [9.17, 15) is 4.79 Å². The van der Waals surface area contributed by atoms with Gasteiger partial charge in [-0.3, -0.25) is 4.79 Å². The molecule has 0 atom stereocenters. The van der Waals surface area contributed by atoms with E-state index in [0.717, 1.165) is 17.7 Å². The number of nitrogens with one attached hydrogen (secondary N) is 1. The lowest BCUT2D eigenvalue weighted by molar-refractivity contribution is 0.323. The zero-order valence-corrected chi connectivity index (χ0v) is 17.0. The molecule has 1 heterocycles. The summed E-state index contributed by atoms with van der Waals surface area (Å²) in [6, 6.07) is 17.3. The van der Waals surface area contributed by atoms with Gasteiger partial charge in [0.15, 0.2) is 11.5 Å². The van der Waals surface area contributed by atoms with Crippen molar-refractivity contribution in [1.82, 2.24) is 9.88 Å². The van der Waals surface area contributed by atoms with Crippen LogP contribution in [0.1, 0.15) is 16.7 Å². The SMILES string of the molecule is COc1cc(CNCc2ccc(Cn3ccccc3=O)cc2)cc(OC)c1OC. The summed E-state index contributed by atoms with van der Waals surface area (Å²) >= 11 is 0. The molecule has 0 aliphatic rings. The number of hydrogen-bond acceptors (Lipinski definition) is 5. The smallest absolute Gasteiger partial charge is 0.250 e. The van der Waals surface area contributed by atoms with Gasteiger partial charge in [0.2, 0.25) is 5.75 Å². The highest BCUT2D eigenvalue weighted by molar-refractivity contribution is 5.53. The number of aromatic nitrogens is 1. The number of benzene rings is 2. The molecule has 2 aromatic carbocycles. The van der Waals surface area contributed by atoms with Crippen LogP contribution in [0.3, 0.4) is 0 Å². The average Bonchev–Trinajstić information content (AvgIpc) is 2.75. The topological polar surface area (TPSA) is 61.7 Å². The number of nitrogens with zero attached hydrogens (tertiary/aromatic N) is 1. The van der Waals surface area contributed by atoms with E-state index in [0.29, 0.717) is 30.3 Å². The minimum atomic E-state index is 0.00333. The van der Waals surface area contributed by atoms with Crippen molar-refractivity contribution in [1.29, 1.82) is 0 Å². The van der Waals surface area contributed by atoms with Gasteiger partial charge in [0.05, 0.1) is 27.9 Å². The van der Waals surface area contributed by atoms with Crippen LogP contribution < -0.4 is 25.1 Å². The maximum atomic E-state index is 11.8. The molecule has 1 N–H and O–H groups in total.